The van der Waals surface area contributed by atoms with E-state index in [4.69, 9.17) is 9.84 Å². The number of nitrogens with zero attached hydrogens (tertiary/aromatic N) is 2. The molecule has 0 bridgehead atoms. The third kappa shape index (κ3) is 4.36. The van der Waals surface area contributed by atoms with E-state index < -0.39 is 6.09 Å². The van der Waals surface area contributed by atoms with Gasteiger partial charge in [0.25, 0.3) is 0 Å². The van der Waals surface area contributed by atoms with Crippen molar-refractivity contribution in [3.8, 4) is 0 Å². The van der Waals surface area contributed by atoms with E-state index in [-0.39, 0.29) is 13.2 Å². The van der Waals surface area contributed by atoms with Crippen LogP contribution in [0.2, 0.25) is 0 Å². The Kier molecular flexibility index (Phi) is 5.57. The summed E-state index contributed by atoms with van der Waals surface area (Å²) in [7, 11) is 0. The summed E-state index contributed by atoms with van der Waals surface area (Å²) in [5.41, 5.74) is 0.892. The zero-order chi connectivity index (χ0) is 14.2. The summed E-state index contributed by atoms with van der Waals surface area (Å²) in [6, 6.07) is 3.85. The lowest BCUT2D eigenvalue weighted by atomic mass is 10.2. The Morgan fingerprint density at radius 1 is 1.45 bits per heavy atom. The third-order valence-corrected chi connectivity index (χ3v) is 2.91. The maximum atomic E-state index is 11.2. The van der Waals surface area contributed by atoms with Crippen LogP contribution in [0.5, 0.6) is 0 Å². The molecular formula is C13H19N3O4. The van der Waals surface area contributed by atoms with Gasteiger partial charge in [-0.2, -0.15) is 0 Å². The lowest BCUT2D eigenvalue weighted by Gasteiger charge is -2.27. The van der Waals surface area contributed by atoms with Gasteiger partial charge >= 0.3 is 6.09 Å². The number of aliphatic hydroxyl groups excluding tert-OH is 1. The highest BCUT2D eigenvalue weighted by molar-refractivity contribution is 5.67. The quantitative estimate of drug-likeness (QED) is 0.798. The van der Waals surface area contributed by atoms with E-state index in [0.29, 0.717) is 6.54 Å². The second-order valence-corrected chi connectivity index (χ2v) is 4.34. The zero-order valence-electron chi connectivity index (χ0n) is 11.2. The van der Waals surface area contributed by atoms with Gasteiger partial charge in [0.2, 0.25) is 0 Å². The predicted octanol–water partition coefficient (Wildman–Crippen LogP) is 0.137. The number of aromatic nitrogens is 1. The molecule has 1 saturated heterocycles. The molecule has 2 rings (SSSR count). The fourth-order valence-corrected chi connectivity index (χ4v) is 1.86. The molecule has 0 aliphatic carbocycles. The van der Waals surface area contributed by atoms with Crippen molar-refractivity contribution in [3.05, 3.63) is 23.9 Å². The lowest BCUT2D eigenvalue weighted by Crippen LogP contribution is -2.36. The summed E-state index contributed by atoms with van der Waals surface area (Å²) in [6.07, 6.45) is 1.19. The van der Waals surface area contributed by atoms with Gasteiger partial charge in [0, 0.05) is 25.8 Å². The zero-order valence-corrected chi connectivity index (χ0v) is 11.2. The fourth-order valence-electron chi connectivity index (χ4n) is 1.86. The molecule has 0 radical (unpaired) electrons. The van der Waals surface area contributed by atoms with E-state index in [1.54, 1.807) is 6.20 Å². The monoisotopic (exact) mass is 281 g/mol. The smallest absolute Gasteiger partial charge is 0.407 e. The first-order chi connectivity index (χ1) is 9.79. The molecule has 0 unspecified atom stereocenters. The Labute approximate surface area is 117 Å². The van der Waals surface area contributed by atoms with Crippen LogP contribution in [0.3, 0.4) is 0 Å². The SMILES string of the molecule is O=C(NCc1ccc(N2CCOCC2)nc1)OCCO. The van der Waals surface area contributed by atoms with E-state index in [2.05, 4.69) is 19.9 Å². The molecule has 2 heterocycles. The molecule has 0 aromatic carbocycles. The van der Waals surface area contributed by atoms with Gasteiger partial charge < -0.3 is 24.8 Å². The Balaban J connectivity index is 1.80. The molecule has 1 aromatic heterocycles. The van der Waals surface area contributed by atoms with Crippen LogP contribution in [0, 0.1) is 0 Å². The van der Waals surface area contributed by atoms with Gasteiger partial charge in [0.05, 0.1) is 19.8 Å². The van der Waals surface area contributed by atoms with E-state index in [9.17, 15) is 4.79 Å². The third-order valence-electron chi connectivity index (χ3n) is 2.91. The number of alkyl carbamates (subject to hydrolysis) is 1. The van der Waals surface area contributed by atoms with Crippen molar-refractivity contribution in [1.29, 1.82) is 0 Å². The largest absolute Gasteiger partial charge is 0.447 e. The van der Waals surface area contributed by atoms with Crippen LogP contribution in [0.1, 0.15) is 5.56 Å². The number of hydrogen-bond donors (Lipinski definition) is 2. The first-order valence-corrected chi connectivity index (χ1v) is 6.58. The van der Waals surface area contributed by atoms with Crippen LogP contribution in [-0.4, -0.2) is 55.7 Å². The van der Waals surface area contributed by atoms with Crippen LogP contribution in [0.25, 0.3) is 0 Å². The normalized spacial score (nSPS) is 14.9. The van der Waals surface area contributed by atoms with Crippen molar-refractivity contribution in [3.63, 3.8) is 0 Å². The molecule has 2 N–H and O–H groups in total. The second-order valence-electron chi connectivity index (χ2n) is 4.34. The first kappa shape index (κ1) is 14.5. The summed E-state index contributed by atoms with van der Waals surface area (Å²) in [5, 5.41) is 11.1. The maximum Gasteiger partial charge on any atom is 0.407 e. The second kappa shape index (κ2) is 7.66. The molecule has 1 aliphatic heterocycles. The topological polar surface area (TPSA) is 83.9 Å². The number of pyridine rings is 1. The van der Waals surface area contributed by atoms with Crippen LogP contribution in [0.4, 0.5) is 10.6 Å². The molecule has 0 atom stereocenters. The van der Waals surface area contributed by atoms with Crippen molar-refractivity contribution in [1.82, 2.24) is 10.3 Å². The molecule has 20 heavy (non-hydrogen) atoms. The van der Waals surface area contributed by atoms with E-state index in [0.717, 1.165) is 37.7 Å². The van der Waals surface area contributed by atoms with Crippen molar-refractivity contribution in [2.75, 3.05) is 44.4 Å². The van der Waals surface area contributed by atoms with Crippen LogP contribution in [-0.2, 0) is 16.0 Å². The Morgan fingerprint density at radius 3 is 2.90 bits per heavy atom. The summed E-state index contributed by atoms with van der Waals surface area (Å²) in [5.74, 6) is 0.917. The van der Waals surface area contributed by atoms with Gasteiger partial charge in [0.1, 0.15) is 12.4 Å². The van der Waals surface area contributed by atoms with Gasteiger partial charge in [-0.25, -0.2) is 9.78 Å². The molecule has 110 valence electrons. The van der Waals surface area contributed by atoms with E-state index in [1.165, 1.54) is 0 Å². The number of aliphatic hydroxyl groups is 1. The first-order valence-electron chi connectivity index (χ1n) is 6.58. The van der Waals surface area contributed by atoms with Crippen molar-refractivity contribution < 1.29 is 19.4 Å². The van der Waals surface area contributed by atoms with Gasteiger partial charge in [-0.15, -0.1) is 0 Å². The van der Waals surface area contributed by atoms with Gasteiger partial charge in [-0.05, 0) is 11.6 Å². The molecule has 0 spiro atoms. The minimum absolute atomic E-state index is 0.0000518. The highest BCUT2D eigenvalue weighted by Gasteiger charge is 2.12. The predicted molar refractivity (Wildman–Crippen MR) is 72.5 cm³/mol. The van der Waals surface area contributed by atoms with E-state index >= 15 is 0 Å². The Morgan fingerprint density at radius 2 is 2.25 bits per heavy atom. The number of hydrogen-bond acceptors (Lipinski definition) is 6. The van der Waals surface area contributed by atoms with Gasteiger partial charge in [-0.3, -0.25) is 0 Å². The summed E-state index contributed by atoms with van der Waals surface area (Å²) >= 11 is 0. The molecule has 1 aromatic rings. The number of amides is 1. The summed E-state index contributed by atoms with van der Waals surface area (Å²) in [4.78, 5) is 17.7. The number of carbonyl (C=O) groups is 1. The number of carbonyl (C=O) groups excluding carboxylic acids is 1. The molecule has 0 saturated carbocycles. The molecular weight excluding hydrogens is 262 g/mol. The highest BCUT2D eigenvalue weighted by Crippen LogP contribution is 2.12. The molecule has 7 nitrogen and oxygen atoms in total. The highest BCUT2D eigenvalue weighted by atomic mass is 16.6. The standard InChI is InChI=1S/C13H19N3O4/c17-5-8-20-13(18)15-10-11-1-2-12(14-9-11)16-3-6-19-7-4-16/h1-2,9,17H,3-8,10H2,(H,15,18). The Bertz CT molecular complexity index is 418. The summed E-state index contributed by atoms with van der Waals surface area (Å²) in [6.45, 7) is 3.31. The molecule has 1 amide bonds. The van der Waals surface area contributed by atoms with Crippen molar-refractivity contribution in [2.45, 2.75) is 6.54 Å². The Hall–Kier alpha value is -1.86. The summed E-state index contributed by atoms with van der Waals surface area (Å²) < 4.78 is 9.98. The molecule has 1 fully saturated rings. The van der Waals surface area contributed by atoms with Crippen molar-refractivity contribution >= 4 is 11.9 Å². The maximum absolute atomic E-state index is 11.2. The number of anilines is 1. The van der Waals surface area contributed by atoms with Crippen LogP contribution < -0.4 is 10.2 Å². The average molecular weight is 281 g/mol. The minimum Gasteiger partial charge on any atom is -0.447 e. The lowest BCUT2D eigenvalue weighted by molar-refractivity contribution is 0.119. The van der Waals surface area contributed by atoms with Crippen LogP contribution >= 0.6 is 0 Å². The number of nitrogens with one attached hydrogen (secondary N) is 1. The molecule has 1 aliphatic rings. The average Bonchev–Trinajstić information content (AvgIpc) is 2.52. The van der Waals surface area contributed by atoms with Gasteiger partial charge in [-0.1, -0.05) is 6.07 Å². The number of morpholine rings is 1. The van der Waals surface area contributed by atoms with Crippen molar-refractivity contribution in [2.24, 2.45) is 0 Å². The fraction of sp³-hybridized carbons (Fsp3) is 0.538. The molecule has 7 heteroatoms. The van der Waals surface area contributed by atoms with E-state index in [1.807, 2.05) is 12.1 Å². The number of ether oxygens (including phenoxy) is 2. The number of rotatable bonds is 5. The van der Waals surface area contributed by atoms with Gasteiger partial charge in [0.15, 0.2) is 0 Å². The minimum atomic E-state index is -0.545. The van der Waals surface area contributed by atoms with Crippen LogP contribution in [0.15, 0.2) is 18.3 Å².